The lowest BCUT2D eigenvalue weighted by Crippen LogP contribution is -2.13. The van der Waals surface area contributed by atoms with Crippen LogP contribution in [0.15, 0.2) is 370 Å². The van der Waals surface area contributed by atoms with Crippen LogP contribution in [-0.4, -0.2) is 0 Å². The highest BCUT2D eigenvalue weighted by Gasteiger charge is 2.34. The van der Waals surface area contributed by atoms with Crippen LogP contribution in [0, 0.1) is 55.4 Å². The Bertz CT molecular complexity index is 8670. The smallest absolute Gasteiger partial charge is 0.159 e. The van der Waals surface area contributed by atoms with E-state index in [0.29, 0.717) is 0 Å². The zero-order valence-corrected chi connectivity index (χ0v) is 78.9. The van der Waals surface area contributed by atoms with Crippen molar-refractivity contribution >= 4 is 199 Å². The predicted molar refractivity (Wildman–Crippen MR) is 575 cm³/mol. The fraction of sp³-hybridized carbons (Fsp3) is 0.125. The van der Waals surface area contributed by atoms with Gasteiger partial charge in [0.25, 0.3) is 0 Å². The van der Waals surface area contributed by atoms with Gasteiger partial charge >= 0.3 is 0 Å². The van der Waals surface area contributed by atoms with Gasteiger partial charge in [-0.1, -0.05) is 236 Å². The molecule has 2 aliphatic rings. The quantitative estimate of drug-likeness (QED) is 0.120. The zero-order chi connectivity index (χ0) is 92.3. The number of aryl methyl sites for hydroxylation is 8. The first-order valence-corrected chi connectivity index (χ1v) is 47.5. The highest BCUT2D eigenvalue weighted by atomic mass is 16.3. The van der Waals surface area contributed by atoms with Crippen LogP contribution in [0.25, 0.3) is 175 Å². The average Bonchev–Trinajstić information content (AvgIpc) is 1.20. The van der Waals surface area contributed by atoms with Crippen molar-refractivity contribution in [2.45, 2.75) is 108 Å². The second-order valence-electron chi connectivity index (χ2n) is 40.1. The van der Waals surface area contributed by atoms with E-state index in [1.165, 1.54) is 132 Å². The van der Waals surface area contributed by atoms with Gasteiger partial charge in [0.05, 0.1) is 22.7 Å². The molecule has 0 spiro atoms. The molecule has 136 heavy (non-hydrogen) atoms. The number of hydrogen-bond acceptors (Lipinski definition) is 8. The minimum atomic E-state index is -0.0654. The van der Waals surface area contributed by atoms with Gasteiger partial charge in [-0.2, -0.15) is 0 Å². The summed E-state index contributed by atoms with van der Waals surface area (Å²) in [6, 6.07) is 129. The van der Waals surface area contributed by atoms with Crippen LogP contribution in [0.1, 0.15) is 97.2 Å². The van der Waals surface area contributed by atoms with Crippen molar-refractivity contribution < 1.29 is 17.7 Å². The Hall–Kier alpha value is -16.2. The van der Waals surface area contributed by atoms with Crippen LogP contribution in [0.4, 0.5) is 68.2 Å². The Kier molecular flexibility index (Phi) is 18.5. The van der Waals surface area contributed by atoms with Gasteiger partial charge in [0.15, 0.2) is 22.3 Å². The molecule has 0 amide bonds. The molecule has 0 atom stereocenters. The first kappa shape index (κ1) is 81.8. The summed E-state index contributed by atoms with van der Waals surface area (Å²) >= 11 is 0. The summed E-state index contributed by atoms with van der Waals surface area (Å²) in [5, 5.41) is 18.7. The summed E-state index contributed by atoms with van der Waals surface area (Å²) in [5.74, 6) is 0. The maximum Gasteiger partial charge on any atom is 0.159 e. The molecule has 0 saturated heterocycles. The van der Waals surface area contributed by atoms with Crippen molar-refractivity contribution in [1.29, 1.82) is 0 Å². The second-order valence-corrected chi connectivity index (χ2v) is 40.1. The van der Waals surface area contributed by atoms with E-state index >= 15 is 0 Å². The van der Waals surface area contributed by atoms with Crippen molar-refractivity contribution in [3.05, 3.63) is 407 Å². The summed E-state index contributed by atoms with van der Waals surface area (Å²) in [4.78, 5) is 9.56. The van der Waals surface area contributed by atoms with Gasteiger partial charge < -0.3 is 37.3 Å². The maximum absolute atomic E-state index is 6.96. The van der Waals surface area contributed by atoms with E-state index in [2.05, 4.69) is 456 Å². The molecule has 656 valence electrons. The number of furan rings is 4. The van der Waals surface area contributed by atoms with Crippen molar-refractivity contribution in [3.63, 3.8) is 0 Å². The van der Waals surface area contributed by atoms with Crippen molar-refractivity contribution in [1.82, 2.24) is 0 Å². The van der Waals surface area contributed by atoms with Gasteiger partial charge in [-0.25, -0.2) is 0 Å². The molecular weight excluding hydrogens is 1660 g/mol. The van der Waals surface area contributed by atoms with E-state index in [4.69, 9.17) is 17.7 Å². The fourth-order valence-corrected chi connectivity index (χ4v) is 21.9. The van der Waals surface area contributed by atoms with Gasteiger partial charge in [-0.15, -0.1) is 0 Å². The third-order valence-electron chi connectivity index (χ3n) is 28.8. The molecule has 2 aliphatic carbocycles. The largest absolute Gasteiger partial charge is 0.454 e. The molecule has 0 unspecified atom stereocenters. The van der Waals surface area contributed by atoms with E-state index in [1.54, 1.807) is 0 Å². The second kappa shape index (κ2) is 30.7. The number of anilines is 12. The number of nitrogens with zero attached hydrogens (tertiary/aromatic N) is 4. The molecule has 0 fully saturated rings. The van der Waals surface area contributed by atoms with E-state index < -0.39 is 0 Å². The molecule has 0 N–H and O–H groups in total. The summed E-state index contributed by atoms with van der Waals surface area (Å²) in [7, 11) is 0. The molecule has 0 bridgehead atoms. The molecule has 26 rings (SSSR count). The van der Waals surface area contributed by atoms with Crippen molar-refractivity contribution in [3.8, 4) is 44.5 Å². The molecule has 20 aromatic carbocycles. The van der Waals surface area contributed by atoms with Crippen LogP contribution < -0.4 is 19.6 Å². The minimum Gasteiger partial charge on any atom is -0.454 e. The standard InChI is InChI=1S/C66H54N2O2.C62H46N2O2/c1-39-15-9-17-45(31-39)67(59-25-13-21-51-49-19-11-23-57(65(3,4)5)61(49)69-63(51)59)47-29-27-41-35-53-55(37-43(41)33-47)54-36-42-28-30-48(34-44(42)38-56(53)54)68(46-18-10-16-40(2)32-46)60-26-14-22-52-50-20-12-24-58(66(6,7)8)62(50)70-64(52)60;1-35-15-17-37(3)55(27-35)63(59-39(5)19-25-49-47-11-7-9-13-57(47)65-61(49)59)45-23-21-41-31-51-53(33-43(41)29-45)52-32-42-22-24-46(30-44(42)34-54(51)52)64(56-28-36(2)16-18-38(56)4)60-40(6)20-26-50-48-12-8-10-14-58(48)66-62(50)60/h9-38H,1-8H3;7-34H,1-6H3. The molecule has 24 aromatic rings. The Morgan fingerprint density at radius 2 is 0.471 bits per heavy atom. The van der Waals surface area contributed by atoms with Crippen molar-refractivity contribution in [2.75, 3.05) is 19.6 Å². The zero-order valence-electron chi connectivity index (χ0n) is 78.9. The first-order chi connectivity index (χ1) is 65.9. The summed E-state index contributed by atoms with van der Waals surface area (Å²) in [6.45, 7) is 31.0. The molecule has 4 heterocycles. The SMILES string of the molecule is Cc1ccc(C)c(N(c2ccc3cc4c(cc3c2)-c2cc3ccc(N(c5cc(C)ccc5C)c5c(C)ccc6c5oc5ccccc56)cc3cc2-4)c2c(C)ccc3c2oc2ccccc23)c1.Cc1cccc(N(c2ccc3cc4c(cc3c2)-c2cc3ccc(N(c5cccc(C)c5)c5cccc6c5oc5c(C(C)(C)C)cccc56)cc3cc2-4)c2cccc3c2oc2c(C(C)(C)C)cccc23)c1. The number of hydrogen-bond donors (Lipinski definition) is 0. The van der Waals surface area contributed by atoms with Gasteiger partial charge in [0.2, 0.25) is 0 Å². The Morgan fingerprint density at radius 1 is 0.184 bits per heavy atom. The fourth-order valence-electron chi connectivity index (χ4n) is 21.9. The van der Waals surface area contributed by atoms with E-state index in [0.717, 1.165) is 167 Å². The van der Waals surface area contributed by atoms with Gasteiger partial charge in [-0.05, 0) is 356 Å². The number of para-hydroxylation sites is 6. The Balaban J connectivity index is 0.000000145. The van der Waals surface area contributed by atoms with Gasteiger partial charge in [0, 0.05) is 99.7 Å². The third kappa shape index (κ3) is 13.1. The minimum absolute atomic E-state index is 0.0654. The monoisotopic (exact) mass is 1760 g/mol. The predicted octanol–water partition coefficient (Wildman–Crippen LogP) is 37.8. The van der Waals surface area contributed by atoms with Gasteiger partial charge in [0.1, 0.15) is 22.3 Å². The van der Waals surface area contributed by atoms with Crippen LogP contribution in [0.3, 0.4) is 0 Å². The highest BCUT2D eigenvalue weighted by molar-refractivity contribution is 6.19. The lowest BCUT2D eigenvalue weighted by Gasteiger charge is -2.30. The summed E-state index contributed by atoms with van der Waals surface area (Å²) in [5.41, 5.74) is 42.4. The molecule has 8 heteroatoms. The van der Waals surface area contributed by atoms with Crippen LogP contribution in [0.2, 0.25) is 0 Å². The molecule has 8 nitrogen and oxygen atoms in total. The molecule has 0 radical (unpaired) electrons. The molecule has 0 aliphatic heterocycles. The van der Waals surface area contributed by atoms with Crippen LogP contribution >= 0.6 is 0 Å². The normalized spacial score (nSPS) is 12.3. The molecular formula is C128H100N4O4. The lowest BCUT2D eigenvalue weighted by atomic mass is 9.78. The molecule has 0 saturated carbocycles. The number of benzene rings is 20. The maximum atomic E-state index is 6.96. The van der Waals surface area contributed by atoms with Gasteiger partial charge in [-0.3, -0.25) is 0 Å². The highest BCUT2D eigenvalue weighted by Crippen LogP contribution is 2.57. The lowest BCUT2D eigenvalue weighted by molar-refractivity contribution is 0.572. The molecule has 4 aromatic heterocycles. The van der Waals surface area contributed by atoms with Crippen LogP contribution in [0.5, 0.6) is 0 Å². The van der Waals surface area contributed by atoms with E-state index in [9.17, 15) is 0 Å². The van der Waals surface area contributed by atoms with E-state index in [1.807, 2.05) is 12.1 Å². The Morgan fingerprint density at radius 3 is 0.824 bits per heavy atom. The Labute approximate surface area is 790 Å². The first-order valence-electron chi connectivity index (χ1n) is 47.5. The number of rotatable bonds is 12. The average molecular weight is 1760 g/mol. The van der Waals surface area contributed by atoms with Crippen molar-refractivity contribution in [2.24, 2.45) is 0 Å². The summed E-state index contributed by atoms with van der Waals surface area (Å²) in [6.07, 6.45) is 0. The topological polar surface area (TPSA) is 65.5 Å². The van der Waals surface area contributed by atoms with E-state index in [-0.39, 0.29) is 10.8 Å². The number of fused-ring (bicyclic) bond motifs is 24. The van der Waals surface area contributed by atoms with Crippen LogP contribution in [-0.2, 0) is 10.8 Å². The summed E-state index contributed by atoms with van der Waals surface area (Å²) < 4.78 is 27.4. The third-order valence-corrected chi connectivity index (χ3v) is 28.8.